The van der Waals surface area contributed by atoms with E-state index in [0.717, 1.165) is 31.7 Å². The van der Waals surface area contributed by atoms with Crippen molar-refractivity contribution in [3.05, 3.63) is 17.8 Å². The number of aromatic nitrogens is 2. The zero-order chi connectivity index (χ0) is 18.6. The van der Waals surface area contributed by atoms with Crippen LogP contribution >= 0.6 is 0 Å². The van der Waals surface area contributed by atoms with E-state index in [1.165, 1.54) is 12.8 Å². The second kappa shape index (κ2) is 8.21. The number of ether oxygens (including phenoxy) is 1. The molecule has 0 spiro atoms. The third-order valence-electron chi connectivity index (χ3n) is 5.67. The summed E-state index contributed by atoms with van der Waals surface area (Å²) in [7, 11) is 0. The number of amides is 2. The number of nitrogens with zero attached hydrogens (tertiary/aromatic N) is 5. The molecule has 1 aromatic heterocycles. The number of morpholine rings is 1. The molecule has 1 atom stereocenters. The Morgan fingerprint density at radius 3 is 2.37 bits per heavy atom. The van der Waals surface area contributed by atoms with Crippen molar-refractivity contribution in [3.8, 4) is 0 Å². The molecule has 0 saturated carbocycles. The molecule has 3 aliphatic heterocycles. The van der Waals surface area contributed by atoms with Crippen LogP contribution in [0.1, 0.15) is 42.6 Å². The van der Waals surface area contributed by atoms with Crippen molar-refractivity contribution < 1.29 is 14.3 Å². The first-order chi connectivity index (χ1) is 13.2. The van der Waals surface area contributed by atoms with Crippen LogP contribution in [0.15, 0.2) is 12.1 Å². The monoisotopic (exact) mass is 373 g/mol. The molecule has 0 radical (unpaired) electrons. The molecule has 2 amide bonds. The molecule has 1 unspecified atom stereocenters. The van der Waals surface area contributed by atoms with E-state index in [9.17, 15) is 9.59 Å². The van der Waals surface area contributed by atoms with Gasteiger partial charge >= 0.3 is 0 Å². The summed E-state index contributed by atoms with van der Waals surface area (Å²) in [6, 6.07) is 3.21. The maximum atomic E-state index is 13.0. The van der Waals surface area contributed by atoms with Gasteiger partial charge in [0, 0.05) is 32.7 Å². The molecule has 3 fully saturated rings. The van der Waals surface area contributed by atoms with Gasteiger partial charge in [0.25, 0.3) is 5.91 Å². The minimum Gasteiger partial charge on any atom is -0.378 e. The van der Waals surface area contributed by atoms with Gasteiger partial charge in [0.05, 0.1) is 13.2 Å². The smallest absolute Gasteiger partial charge is 0.275 e. The van der Waals surface area contributed by atoms with Gasteiger partial charge < -0.3 is 19.4 Å². The topological polar surface area (TPSA) is 78.9 Å². The highest BCUT2D eigenvalue weighted by Crippen LogP contribution is 2.22. The largest absolute Gasteiger partial charge is 0.378 e. The van der Waals surface area contributed by atoms with Gasteiger partial charge in [-0.15, -0.1) is 10.2 Å². The zero-order valence-corrected chi connectivity index (χ0v) is 15.7. The third kappa shape index (κ3) is 3.90. The van der Waals surface area contributed by atoms with Crippen molar-refractivity contribution in [1.82, 2.24) is 20.0 Å². The Bertz CT molecular complexity index is 668. The minimum atomic E-state index is -0.399. The standard InChI is InChI=1S/C19H27N5O3/c25-18(15-6-7-17(21-20-15)22-8-3-4-9-22)24-10-2-1-5-16(24)19(26)23-11-13-27-14-12-23/h6-7,16H,1-5,8-14H2. The Labute approximate surface area is 159 Å². The molecular formula is C19H27N5O3. The highest BCUT2D eigenvalue weighted by Gasteiger charge is 2.36. The number of likely N-dealkylation sites (tertiary alicyclic amines) is 1. The van der Waals surface area contributed by atoms with Crippen LogP contribution in [0.4, 0.5) is 5.82 Å². The van der Waals surface area contributed by atoms with E-state index in [0.29, 0.717) is 45.0 Å². The van der Waals surface area contributed by atoms with Crippen LogP contribution in [0.2, 0.25) is 0 Å². The van der Waals surface area contributed by atoms with Gasteiger partial charge in [-0.2, -0.15) is 0 Å². The van der Waals surface area contributed by atoms with Crippen LogP contribution in [0.25, 0.3) is 0 Å². The van der Waals surface area contributed by atoms with Gasteiger partial charge in [-0.1, -0.05) is 0 Å². The quantitative estimate of drug-likeness (QED) is 0.784. The Morgan fingerprint density at radius 2 is 1.67 bits per heavy atom. The van der Waals surface area contributed by atoms with Crippen molar-refractivity contribution in [3.63, 3.8) is 0 Å². The second-order valence-corrected chi connectivity index (χ2v) is 7.42. The van der Waals surface area contributed by atoms with Crippen molar-refractivity contribution in [1.29, 1.82) is 0 Å². The van der Waals surface area contributed by atoms with Crippen molar-refractivity contribution >= 4 is 17.6 Å². The van der Waals surface area contributed by atoms with E-state index in [1.807, 2.05) is 11.0 Å². The lowest BCUT2D eigenvalue weighted by atomic mass is 10.00. The lowest BCUT2D eigenvalue weighted by molar-refractivity contribution is -0.141. The van der Waals surface area contributed by atoms with Gasteiger partial charge in [-0.25, -0.2) is 0 Å². The first kappa shape index (κ1) is 18.2. The molecule has 0 bridgehead atoms. The van der Waals surface area contributed by atoms with Crippen LogP contribution in [0, 0.1) is 0 Å². The van der Waals surface area contributed by atoms with Crippen molar-refractivity contribution in [2.45, 2.75) is 38.1 Å². The average Bonchev–Trinajstić information content (AvgIpc) is 3.28. The summed E-state index contributed by atoms with van der Waals surface area (Å²) in [4.78, 5) is 31.7. The van der Waals surface area contributed by atoms with E-state index < -0.39 is 6.04 Å². The normalized spacial score (nSPS) is 23.6. The summed E-state index contributed by atoms with van der Waals surface area (Å²) in [5.74, 6) is 0.665. The molecule has 27 heavy (non-hydrogen) atoms. The molecule has 0 aromatic carbocycles. The molecule has 1 aromatic rings. The molecule has 0 aliphatic carbocycles. The maximum absolute atomic E-state index is 13.0. The molecule has 3 aliphatic rings. The van der Waals surface area contributed by atoms with Crippen LogP contribution in [0.3, 0.4) is 0 Å². The number of anilines is 1. The number of rotatable bonds is 3. The van der Waals surface area contributed by atoms with E-state index >= 15 is 0 Å². The molecule has 8 nitrogen and oxygen atoms in total. The van der Waals surface area contributed by atoms with E-state index in [2.05, 4.69) is 15.1 Å². The van der Waals surface area contributed by atoms with Crippen molar-refractivity contribution in [2.75, 3.05) is 50.8 Å². The predicted octanol–water partition coefficient (Wildman–Crippen LogP) is 0.930. The summed E-state index contributed by atoms with van der Waals surface area (Å²) in [6.45, 7) is 4.90. The Morgan fingerprint density at radius 1 is 0.926 bits per heavy atom. The summed E-state index contributed by atoms with van der Waals surface area (Å²) in [5.41, 5.74) is 0.319. The van der Waals surface area contributed by atoms with E-state index in [-0.39, 0.29) is 11.8 Å². The van der Waals surface area contributed by atoms with E-state index in [4.69, 9.17) is 4.74 Å². The highest BCUT2D eigenvalue weighted by atomic mass is 16.5. The number of hydrogen-bond donors (Lipinski definition) is 0. The van der Waals surface area contributed by atoms with Gasteiger partial charge in [0.1, 0.15) is 6.04 Å². The molecule has 4 rings (SSSR count). The zero-order valence-electron chi connectivity index (χ0n) is 15.7. The first-order valence-corrected chi connectivity index (χ1v) is 10.0. The number of carbonyl (C=O) groups is 2. The second-order valence-electron chi connectivity index (χ2n) is 7.42. The lowest BCUT2D eigenvalue weighted by Gasteiger charge is -2.38. The summed E-state index contributed by atoms with van der Waals surface area (Å²) in [6.07, 6.45) is 4.92. The highest BCUT2D eigenvalue weighted by molar-refractivity contribution is 5.96. The molecule has 4 heterocycles. The fraction of sp³-hybridized carbons (Fsp3) is 0.684. The van der Waals surface area contributed by atoms with Crippen LogP contribution in [-0.2, 0) is 9.53 Å². The predicted molar refractivity (Wildman–Crippen MR) is 99.6 cm³/mol. The van der Waals surface area contributed by atoms with Gasteiger partial charge in [0.2, 0.25) is 5.91 Å². The molecular weight excluding hydrogens is 346 g/mol. The fourth-order valence-electron chi connectivity index (χ4n) is 4.13. The molecule has 146 valence electrons. The average molecular weight is 373 g/mol. The Kier molecular flexibility index (Phi) is 5.52. The number of carbonyl (C=O) groups excluding carboxylic acids is 2. The van der Waals surface area contributed by atoms with Crippen molar-refractivity contribution in [2.24, 2.45) is 0 Å². The van der Waals surface area contributed by atoms with Crippen LogP contribution < -0.4 is 4.90 Å². The molecule has 8 heteroatoms. The lowest BCUT2D eigenvalue weighted by Crippen LogP contribution is -2.55. The summed E-state index contributed by atoms with van der Waals surface area (Å²) < 4.78 is 5.34. The summed E-state index contributed by atoms with van der Waals surface area (Å²) in [5, 5.41) is 8.43. The third-order valence-corrected chi connectivity index (χ3v) is 5.67. The van der Waals surface area contributed by atoms with Gasteiger partial charge in [0.15, 0.2) is 11.5 Å². The maximum Gasteiger partial charge on any atom is 0.275 e. The Balaban J connectivity index is 1.47. The fourth-order valence-corrected chi connectivity index (χ4v) is 4.13. The SMILES string of the molecule is O=C(C1CCCCN1C(=O)c1ccc(N2CCCC2)nn1)N1CCOCC1. The van der Waals surface area contributed by atoms with Gasteiger partial charge in [-0.3, -0.25) is 9.59 Å². The number of hydrogen-bond acceptors (Lipinski definition) is 6. The minimum absolute atomic E-state index is 0.0352. The molecule has 0 N–H and O–H groups in total. The molecule has 3 saturated heterocycles. The summed E-state index contributed by atoms with van der Waals surface area (Å²) >= 11 is 0. The van der Waals surface area contributed by atoms with E-state index in [1.54, 1.807) is 11.0 Å². The first-order valence-electron chi connectivity index (χ1n) is 10.0. The van der Waals surface area contributed by atoms with Gasteiger partial charge in [-0.05, 0) is 44.2 Å². The number of piperidine rings is 1. The Hall–Kier alpha value is -2.22. The van der Waals surface area contributed by atoms with Crippen LogP contribution in [-0.4, -0.2) is 83.8 Å². The van der Waals surface area contributed by atoms with Crippen LogP contribution in [0.5, 0.6) is 0 Å².